The van der Waals surface area contributed by atoms with Crippen molar-refractivity contribution in [2.45, 2.75) is 63.1 Å². The van der Waals surface area contributed by atoms with Crippen molar-refractivity contribution in [1.29, 1.82) is 0 Å². The normalized spacial score (nSPS) is 32.1. The van der Waals surface area contributed by atoms with E-state index in [1.54, 1.807) is 0 Å². The van der Waals surface area contributed by atoms with Gasteiger partial charge in [-0.05, 0) is 31.6 Å². The van der Waals surface area contributed by atoms with Crippen LogP contribution in [0.4, 0.5) is 0 Å². The van der Waals surface area contributed by atoms with E-state index in [2.05, 4.69) is 5.32 Å². The number of aliphatic hydroxyl groups excluding tert-OH is 1. The Morgan fingerprint density at radius 1 is 1.31 bits per heavy atom. The first-order chi connectivity index (χ1) is 7.66. The summed E-state index contributed by atoms with van der Waals surface area (Å²) in [6, 6.07) is -0.0339. The molecule has 1 amide bonds. The lowest BCUT2D eigenvalue weighted by Crippen LogP contribution is -2.46. The summed E-state index contributed by atoms with van der Waals surface area (Å²) in [7, 11) is 0. The number of nitrogens with two attached hydrogens (primary N) is 1. The zero-order valence-corrected chi connectivity index (χ0v) is 9.69. The molecular formula is C12H22N2O2. The second-order valence-electron chi connectivity index (χ2n) is 5.23. The summed E-state index contributed by atoms with van der Waals surface area (Å²) in [4.78, 5) is 11.7. The van der Waals surface area contributed by atoms with Gasteiger partial charge < -0.3 is 16.2 Å². The van der Waals surface area contributed by atoms with Crippen LogP contribution in [0.5, 0.6) is 0 Å². The van der Waals surface area contributed by atoms with Gasteiger partial charge in [0.15, 0.2) is 0 Å². The quantitative estimate of drug-likeness (QED) is 0.654. The topological polar surface area (TPSA) is 75.4 Å². The van der Waals surface area contributed by atoms with Crippen LogP contribution in [0.15, 0.2) is 0 Å². The molecule has 1 unspecified atom stereocenters. The van der Waals surface area contributed by atoms with Crippen LogP contribution >= 0.6 is 0 Å². The van der Waals surface area contributed by atoms with E-state index in [1.807, 2.05) is 0 Å². The Bertz CT molecular complexity index is 253. The molecule has 2 aliphatic rings. The average Bonchev–Trinajstić information content (AvgIpc) is 3.04. The van der Waals surface area contributed by atoms with Crippen molar-refractivity contribution in [3.8, 4) is 0 Å². The average molecular weight is 226 g/mol. The molecule has 4 N–H and O–H groups in total. The van der Waals surface area contributed by atoms with E-state index in [-0.39, 0.29) is 24.1 Å². The first kappa shape index (κ1) is 11.9. The molecule has 2 aliphatic carbocycles. The molecule has 2 saturated carbocycles. The number of nitrogens with one attached hydrogen (secondary N) is 1. The SMILES string of the molecule is NC(CC(=O)N[C@@H]1CCCC[C@H]1O)C1CC1. The van der Waals surface area contributed by atoms with Gasteiger partial charge in [-0.1, -0.05) is 12.8 Å². The molecule has 4 nitrogen and oxygen atoms in total. The molecule has 0 saturated heterocycles. The van der Waals surface area contributed by atoms with Crippen LogP contribution < -0.4 is 11.1 Å². The number of rotatable bonds is 4. The van der Waals surface area contributed by atoms with Crippen molar-refractivity contribution < 1.29 is 9.90 Å². The van der Waals surface area contributed by atoms with E-state index in [0.717, 1.165) is 25.7 Å². The van der Waals surface area contributed by atoms with E-state index in [9.17, 15) is 9.90 Å². The Hall–Kier alpha value is -0.610. The Balaban J connectivity index is 1.72. The number of hydrogen-bond acceptors (Lipinski definition) is 3. The Labute approximate surface area is 96.6 Å². The van der Waals surface area contributed by atoms with Crippen molar-refractivity contribution in [2.24, 2.45) is 11.7 Å². The standard InChI is InChI=1S/C12H22N2O2/c13-9(8-5-6-8)7-12(16)14-10-3-1-2-4-11(10)15/h8-11,15H,1-7,13H2,(H,14,16)/t9?,10-,11-/m1/s1. The monoisotopic (exact) mass is 226 g/mol. The molecular weight excluding hydrogens is 204 g/mol. The fraction of sp³-hybridized carbons (Fsp3) is 0.917. The second kappa shape index (κ2) is 5.15. The van der Waals surface area contributed by atoms with Gasteiger partial charge >= 0.3 is 0 Å². The molecule has 92 valence electrons. The van der Waals surface area contributed by atoms with Crippen LogP contribution in [0.1, 0.15) is 44.9 Å². The van der Waals surface area contributed by atoms with Gasteiger partial charge in [-0.25, -0.2) is 0 Å². The third-order valence-electron chi connectivity index (χ3n) is 3.72. The molecule has 16 heavy (non-hydrogen) atoms. The molecule has 0 aromatic carbocycles. The van der Waals surface area contributed by atoms with Crippen LogP contribution in [0, 0.1) is 5.92 Å². The first-order valence-corrected chi connectivity index (χ1v) is 6.40. The van der Waals surface area contributed by atoms with Crippen molar-refractivity contribution in [2.75, 3.05) is 0 Å². The molecule has 0 aliphatic heterocycles. The van der Waals surface area contributed by atoms with Crippen LogP contribution in [-0.2, 0) is 4.79 Å². The smallest absolute Gasteiger partial charge is 0.221 e. The highest BCUT2D eigenvalue weighted by molar-refractivity contribution is 5.77. The number of hydrogen-bond donors (Lipinski definition) is 3. The molecule has 0 radical (unpaired) electrons. The van der Waals surface area contributed by atoms with Gasteiger partial charge in [-0.3, -0.25) is 4.79 Å². The highest BCUT2D eigenvalue weighted by atomic mass is 16.3. The number of aliphatic hydroxyl groups is 1. The third-order valence-corrected chi connectivity index (χ3v) is 3.72. The van der Waals surface area contributed by atoms with E-state index in [4.69, 9.17) is 5.73 Å². The Kier molecular flexibility index (Phi) is 3.82. The van der Waals surface area contributed by atoms with Crippen LogP contribution in [0.2, 0.25) is 0 Å². The minimum absolute atomic E-state index is 0.00495. The Morgan fingerprint density at radius 3 is 2.62 bits per heavy atom. The van der Waals surface area contributed by atoms with Gasteiger partial charge in [0, 0.05) is 12.5 Å². The van der Waals surface area contributed by atoms with Gasteiger partial charge in [0.1, 0.15) is 0 Å². The lowest BCUT2D eigenvalue weighted by atomic mass is 9.92. The van der Waals surface area contributed by atoms with E-state index in [1.165, 1.54) is 12.8 Å². The molecule has 0 heterocycles. The summed E-state index contributed by atoms with van der Waals surface area (Å²) >= 11 is 0. The largest absolute Gasteiger partial charge is 0.391 e. The van der Waals surface area contributed by atoms with Crippen molar-refractivity contribution >= 4 is 5.91 Å². The number of carbonyl (C=O) groups excluding carboxylic acids is 1. The Morgan fingerprint density at radius 2 is 2.00 bits per heavy atom. The van der Waals surface area contributed by atoms with Gasteiger partial charge in [0.2, 0.25) is 5.91 Å². The highest BCUT2D eigenvalue weighted by Gasteiger charge is 2.31. The second-order valence-corrected chi connectivity index (χ2v) is 5.23. The summed E-state index contributed by atoms with van der Waals surface area (Å²) < 4.78 is 0. The first-order valence-electron chi connectivity index (χ1n) is 6.40. The lowest BCUT2D eigenvalue weighted by molar-refractivity contribution is -0.123. The summed E-state index contributed by atoms with van der Waals surface area (Å²) in [5.74, 6) is 0.562. The maximum atomic E-state index is 11.7. The van der Waals surface area contributed by atoms with Crippen molar-refractivity contribution in [3.05, 3.63) is 0 Å². The van der Waals surface area contributed by atoms with Gasteiger partial charge in [-0.15, -0.1) is 0 Å². The summed E-state index contributed by atoms with van der Waals surface area (Å²) in [5.41, 5.74) is 5.90. The molecule has 0 bridgehead atoms. The fourth-order valence-electron chi connectivity index (χ4n) is 2.45. The molecule has 0 aromatic heterocycles. The van der Waals surface area contributed by atoms with E-state index in [0.29, 0.717) is 12.3 Å². The predicted molar refractivity (Wildman–Crippen MR) is 61.7 cm³/mol. The van der Waals surface area contributed by atoms with E-state index >= 15 is 0 Å². The summed E-state index contributed by atoms with van der Waals surface area (Å²) in [6.07, 6.45) is 6.24. The van der Waals surface area contributed by atoms with Crippen molar-refractivity contribution in [3.63, 3.8) is 0 Å². The third kappa shape index (κ3) is 3.19. The minimum Gasteiger partial charge on any atom is -0.391 e. The molecule has 2 rings (SSSR count). The lowest BCUT2D eigenvalue weighted by Gasteiger charge is -2.28. The number of carbonyl (C=O) groups is 1. The summed E-state index contributed by atoms with van der Waals surface area (Å²) in [6.45, 7) is 0. The zero-order chi connectivity index (χ0) is 11.5. The van der Waals surface area contributed by atoms with Gasteiger partial charge in [-0.2, -0.15) is 0 Å². The van der Waals surface area contributed by atoms with Crippen LogP contribution in [0.3, 0.4) is 0 Å². The molecule has 0 aromatic rings. The predicted octanol–water partition coefficient (Wildman–Crippen LogP) is 0.533. The fourth-order valence-corrected chi connectivity index (χ4v) is 2.45. The molecule has 3 atom stereocenters. The van der Waals surface area contributed by atoms with Crippen LogP contribution in [-0.4, -0.2) is 29.2 Å². The summed E-state index contributed by atoms with van der Waals surface area (Å²) in [5, 5.41) is 12.6. The van der Waals surface area contributed by atoms with Crippen molar-refractivity contribution in [1.82, 2.24) is 5.32 Å². The number of amides is 1. The van der Waals surface area contributed by atoms with E-state index < -0.39 is 0 Å². The zero-order valence-electron chi connectivity index (χ0n) is 9.69. The maximum absolute atomic E-state index is 11.7. The molecule has 0 spiro atoms. The highest BCUT2D eigenvalue weighted by Crippen LogP contribution is 2.32. The van der Waals surface area contributed by atoms with Gasteiger partial charge in [0.25, 0.3) is 0 Å². The van der Waals surface area contributed by atoms with Crippen LogP contribution in [0.25, 0.3) is 0 Å². The van der Waals surface area contributed by atoms with Gasteiger partial charge in [0.05, 0.1) is 12.1 Å². The molecule has 4 heteroatoms. The minimum atomic E-state index is -0.366. The molecule has 2 fully saturated rings. The maximum Gasteiger partial charge on any atom is 0.221 e.